The van der Waals surface area contributed by atoms with E-state index >= 15 is 0 Å². The maximum Gasteiger partial charge on any atom is 0.409 e. The molecule has 0 aliphatic carbocycles. The molecule has 11 heteroatoms. The Balaban J connectivity index is 1.88. The fourth-order valence-electron chi connectivity index (χ4n) is 3.82. The number of halogens is 1. The highest BCUT2D eigenvalue weighted by Gasteiger charge is 2.30. The second-order valence-electron chi connectivity index (χ2n) is 8.39. The molecule has 1 N–H and O–H groups in total. The van der Waals surface area contributed by atoms with Crippen molar-refractivity contribution < 1.29 is 30.8 Å². The van der Waals surface area contributed by atoms with E-state index in [0.29, 0.717) is 31.5 Å². The molecule has 0 aromatic heterocycles. The number of amides is 1. The number of piperidine rings is 1. The average Bonchev–Trinajstić information content (AvgIpc) is 2.79. The monoisotopic (exact) mass is 512 g/mol. The maximum atomic E-state index is 13.3. The van der Waals surface area contributed by atoms with Crippen LogP contribution in [0.2, 0.25) is 0 Å². The summed E-state index contributed by atoms with van der Waals surface area (Å²) < 4.78 is 73.7. The normalized spacial score (nSPS) is 15.5. The predicted octanol–water partition coefficient (Wildman–Crippen LogP) is 3.68. The molecule has 0 bridgehead atoms. The first-order valence-corrected chi connectivity index (χ1v) is 14.0. The third kappa shape index (κ3) is 5.76. The molecule has 0 radical (unpaired) electrons. The van der Waals surface area contributed by atoms with Gasteiger partial charge in [-0.25, -0.2) is 30.7 Å². The zero-order chi connectivity index (χ0) is 25.1. The number of benzene rings is 2. The first-order valence-electron chi connectivity index (χ1n) is 11.0. The number of rotatable bonds is 7. The van der Waals surface area contributed by atoms with Crippen molar-refractivity contribution in [2.24, 2.45) is 0 Å². The second kappa shape index (κ2) is 10.4. The van der Waals surface area contributed by atoms with Gasteiger partial charge in [0.15, 0.2) is 0 Å². The fraction of sp³-hybridized carbons (Fsp3) is 0.435. The van der Waals surface area contributed by atoms with Crippen LogP contribution in [0.1, 0.15) is 45.1 Å². The molecule has 186 valence electrons. The van der Waals surface area contributed by atoms with Crippen LogP contribution in [0.3, 0.4) is 0 Å². The first-order chi connectivity index (χ1) is 16.0. The van der Waals surface area contributed by atoms with Crippen molar-refractivity contribution in [1.82, 2.24) is 9.62 Å². The number of carbonyl (C=O) groups is 1. The SMILES string of the molecule is CCOC(=O)N1CCC(NS(=O)(=O)c2cc(S(=O)(=O)c3ccc(F)cc3)ccc2C(C)C)CC1. The lowest BCUT2D eigenvalue weighted by molar-refractivity contribution is 0.0966. The van der Waals surface area contributed by atoms with Gasteiger partial charge < -0.3 is 9.64 Å². The molecule has 0 saturated carbocycles. The van der Waals surface area contributed by atoms with Crippen LogP contribution in [0.25, 0.3) is 0 Å². The molecule has 0 spiro atoms. The average molecular weight is 513 g/mol. The van der Waals surface area contributed by atoms with E-state index in [1.54, 1.807) is 6.92 Å². The Morgan fingerprint density at radius 2 is 1.65 bits per heavy atom. The highest BCUT2D eigenvalue weighted by molar-refractivity contribution is 7.91. The van der Waals surface area contributed by atoms with Crippen LogP contribution in [0.4, 0.5) is 9.18 Å². The molecule has 2 aromatic carbocycles. The molecule has 1 amide bonds. The molecule has 1 heterocycles. The minimum absolute atomic E-state index is 0.112. The van der Waals surface area contributed by atoms with Crippen molar-refractivity contribution in [2.45, 2.75) is 60.3 Å². The van der Waals surface area contributed by atoms with Gasteiger partial charge in [-0.15, -0.1) is 0 Å². The van der Waals surface area contributed by atoms with Gasteiger partial charge in [0, 0.05) is 19.1 Å². The maximum absolute atomic E-state index is 13.3. The van der Waals surface area contributed by atoms with Gasteiger partial charge in [-0.2, -0.15) is 0 Å². The van der Waals surface area contributed by atoms with Crippen molar-refractivity contribution in [3.8, 4) is 0 Å². The summed E-state index contributed by atoms with van der Waals surface area (Å²) in [5.41, 5.74) is 0.481. The Morgan fingerprint density at radius 1 is 1.06 bits per heavy atom. The van der Waals surface area contributed by atoms with Crippen LogP contribution in [-0.2, 0) is 24.6 Å². The Labute approximate surface area is 200 Å². The minimum Gasteiger partial charge on any atom is -0.450 e. The number of nitrogens with one attached hydrogen (secondary N) is 1. The summed E-state index contributed by atoms with van der Waals surface area (Å²) in [6, 6.07) is 7.98. The molecule has 1 fully saturated rings. The smallest absolute Gasteiger partial charge is 0.409 e. The number of hydrogen-bond donors (Lipinski definition) is 1. The van der Waals surface area contributed by atoms with E-state index in [-0.39, 0.29) is 27.2 Å². The summed E-state index contributed by atoms with van der Waals surface area (Å²) in [5, 5.41) is 0. The van der Waals surface area contributed by atoms with Crippen molar-refractivity contribution >= 4 is 26.0 Å². The topological polar surface area (TPSA) is 110 Å². The lowest BCUT2D eigenvalue weighted by atomic mass is 10.0. The number of carbonyl (C=O) groups excluding carboxylic acids is 1. The summed E-state index contributed by atoms with van der Waals surface area (Å²) in [4.78, 5) is 13.0. The molecular formula is C23H29FN2O6S2. The quantitative estimate of drug-likeness (QED) is 0.567. The Hall–Kier alpha value is -2.50. The third-order valence-corrected chi connectivity index (χ3v) is 9.02. The molecule has 34 heavy (non-hydrogen) atoms. The number of sulfone groups is 1. The Bertz CT molecular complexity index is 1240. The zero-order valence-electron chi connectivity index (χ0n) is 19.3. The van der Waals surface area contributed by atoms with Gasteiger partial charge >= 0.3 is 6.09 Å². The third-order valence-electron chi connectivity index (χ3n) is 5.67. The van der Waals surface area contributed by atoms with Crippen molar-refractivity contribution in [3.05, 3.63) is 53.8 Å². The molecule has 2 aromatic rings. The number of nitrogens with zero attached hydrogens (tertiary/aromatic N) is 1. The van der Waals surface area contributed by atoms with Crippen molar-refractivity contribution in [1.29, 1.82) is 0 Å². The number of likely N-dealkylation sites (tertiary alicyclic amines) is 1. The summed E-state index contributed by atoms with van der Waals surface area (Å²) in [6.45, 7) is 6.32. The van der Waals surface area contributed by atoms with E-state index in [1.807, 2.05) is 13.8 Å². The number of ether oxygens (including phenoxy) is 1. The zero-order valence-corrected chi connectivity index (χ0v) is 21.0. The van der Waals surface area contributed by atoms with Crippen LogP contribution in [0, 0.1) is 5.82 Å². The van der Waals surface area contributed by atoms with Gasteiger partial charge in [-0.05, 0) is 67.6 Å². The molecule has 0 unspecified atom stereocenters. The number of hydrogen-bond acceptors (Lipinski definition) is 6. The molecule has 0 atom stereocenters. The van der Waals surface area contributed by atoms with Crippen LogP contribution in [-0.4, -0.2) is 53.6 Å². The summed E-state index contributed by atoms with van der Waals surface area (Å²) >= 11 is 0. The summed E-state index contributed by atoms with van der Waals surface area (Å²) in [7, 11) is -8.12. The van der Waals surface area contributed by atoms with Crippen LogP contribution < -0.4 is 4.72 Å². The highest BCUT2D eigenvalue weighted by atomic mass is 32.2. The van der Waals surface area contributed by atoms with E-state index in [1.165, 1.54) is 17.0 Å². The minimum atomic E-state index is -4.06. The van der Waals surface area contributed by atoms with Gasteiger partial charge in [-0.3, -0.25) is 0 Å². The van der Waals surface area contributed by atoms with Crippen molar-refractivity contribution in [2.75, 3.05) is 19.7 Å². The van der Waals surface area contributed by atoms with Gasteiger partial charge in [0.05, 0.1) is 21.3 Å². The van der Waals surface area contributed by atoms with Gasteiger partial charge in [0.25, 0.3) is 0 Å². The van der Waals surface area contributed by atoms with Crippen LogP contribution in [0.15, 0.2) is 57.2 Å². The fourth-order valence-corrected chi connectivity index (χ4v) is 6.88. The highest BCUT2D eigenvalue weighted by Crippen LogP contribution is 2.30. The molecule has 1 saturated heterocycles. The van der Waals surface area contributed by atoms with Crippen LogP contribution >= 0.6 is 0 Å². The van der Waals surface area contributed by atoms with Crippen LogP contribution in [0.5, 0.6) is 0 Å². The molecule has 3 rings (SSSR count). The van der Waals surface area contributed by atoms with E-state index in [2.05, 4.69) is 4.72 Å². The summed E-state index contributed by atoms with van der Waals surface area (Å²) in [6.07, 6.45) is 0.384. The summed E-state index contributed by atoms with van der Waals surface area (Å²) in [5.74, 6) is -0.754. The molecular weight excluding hydrogens is 483 g/mol. The van der Waals surface area contributed by atoms with E-state index < -0.39 is 37.8 Å². The predicted molar refractivity (Wildman–Crippen MR) is 124 cm³/mol. The largest absolute Gasteiger partial charge is 0.450 e. The van der Waals surface area contributed by atoms with Gasteiger partial charge in [-0.1, -0.05) is 19.9 Å². The van der Waals surface area contributed by atoms with Gasteiger partial charge in [0.1, 0.15) is 5.82 Å². The molecule has 1 aliphatic heterocycles. The molecule has 1 aliphatic rings. The molecule has 8 nitrogen and oxygen atoms in total. The van der Waals surface area contributed by atoms with E-state index in [0.717, 1.165) is 30.3 Å². The lowest BCUT2D eigenvalue weighted by Crippen LogP contribution is -2.46. The standard InChI is InChI=1S/C23H29FN2O6S2/c1-4-32-23(27)26-13-11-18(12-14-26)25-34(30,31)22-15-20(9-10-21(22)16(2)3)33(28,29)19-7-5-17(24)6-8-19/h5-10,15-16,18,25H,4,11-14H2,1-3H3. The first kappa shape index (κ1) is 26.1. The lowest BCUT2D eigenvalue weighted by Gasteiger charge is -2.31. The van der Waals surface area contributed by atoms with Crippen molar-refractivity contribution in [3.63, 3.8) is 0 Å². The Morgan fingerprint density at radius 3 is 2.21 bits per heavy atom. The van der Waals surface area contributed by atoms with E-state index in [4.69, 9.17) is 4.74 Å². The van der Waals surface area contributed by atoms with E-state index in [9.17, 15) is 26.0 Å². The second-order valence-corrected chi connectivity index (χ2v) is 12.0. The Kier molecular flexibility index (Phi) is 7.99. The van der Waals surface area contributed by atoms with Gasteiger partial charge in [0.2, 0.25) is 19.9 Å². The number of sulfonamides is 1.